The van der Waals surface area contributed by atoms with Gasteiger partial charge in [0.05, 0.1) is 16.8 Å². The molecule has 19 heavy (non-hydrogen) atoms. The Hall–Kier alpha value is -1.99. The fraction of sp³-hybridized carbons (Fsp3) is 0.167. The summed E-state index contributed by atoms with van der Waals surface area (Å²) in [6.45, 7) is 1.37. The number of nitrogens with zero attached hydrogens (tertiary/aromatic N) is 1. The van der Waals surface area contributed by atoms with Crippen LogP contribution in [0.3, 0.4) is 0 Å². The standard InChI is InChI=1S/C10H7NO2.C2H6O3S/c12-10(13)8-5-7-3-1-2-4-9(7)11-6-8;1-2-6(3,4)5/h1-6H,(H,12,13);2H2,1H3,(H,3,4,5). The second-order valence-electron chi connectivity index (χ2n) is 3.59. The Morgan fingerprint density at radius 3 is 2.42 bits per heavy atom. The minimum absolute atomic E-state index is 0.201. The van der Waals surface area contributed by atoms with Gasteiger partial charge >= 0.3 is 5.97 Å². The Morgan fingerprint density at radius 2 is 1.89 bits per heavy atom. The number of carboxylic acids is 1. The summed E-state index contributed by atoms with van der Waals surface area (Å²) < 4.78 is 26.9. The molecule has 0 bridgehead atoms. The van der Waals surface area contributed by atoms with Crippen molar-refractivity contribution in [2.45, 2.75) is 6.92 Å². The lowest BCUT2D eigenvalue weighted by molar-refractivity contribution is 0.0696. The van der Waals surface area contributed by atoms with Crippen LogP contribution in [0.25, 0.3) is 10.9 Å². The lowest BCUT2D eigenvalue weighted by atomic mass is 10.2. The molecule has 0 radical (unpaired) electrons. The number of pyridine rings is 1. The topological polar surface area (TPSA) is 105 Å². The quantitative estimate of drug-likeness (QED) is 0.815. The number of aromatic nitrogens is 1. The van der Waals surface area contributed by atoms with Gasteiger partial charge in [0.1, 0.15) is 0 Å². The Balaban J connectivity index is 0.000000258. The number of rotatable bonds is 2. The van der Waals surface area contributed by atoms with Crippen molar-refractivity contribution in [1.82, 2.24) is 4.98 Å². The van der Waals surface area contributed by atoms with E-state index >= 15 is 0 Å². The molecule has 2 aromatic rings. The van der Waals surface area contributed by atoms with Crippen LogP contribution in [-0.4, -0.2) is 34.8 Å². The van der Waals surface area contributed by atoms with E-state index in [1.807, 2.05) is 24.3 Å². The predicted molar refractivity (Wildman–Crippen MR) is 70.8 cm³/mol. The van der Waals surface area contributed by atoms with E-state index in [1.165, 1.54) is 13.1 Å². The highest BCUT2D eigenvalue weighted by atomic mass is 32.2. The SMILES string of the molecule is CCS(=O)(=O)O.O=C(O)c1cnc2ccccc2c1. The summed E-state index contributed by atoms with van der Waals surface area (Å²) in [5.41, 5.74) is 1.03. The molecule has 0 saturated carbocycles. The van der Waals surface area contributed by atoms with Gasteiger partial charge in [0, 0.05) is 11.6 Å². The van der Waals surface area contributed by atoms with Crippen LogP contribution in [0.1, 0.15) is 17.3 Å². The van der Waals surface area contributed by atoms with Crippen LogP contribution in [-0.2, 0) is 10.1 Å². The smallest absolute Gasteiger partial charge is 0.337 e. The zero-order valence-electron chi connectivity index (χ0n) is 10.1. The summed E-state index contributed by atoms with van der Waals surface area (Å²) in [7, 11) is -3.66. The highest BCUT2D eigenvalue weighted by Crippen LogP contribution is 2.12. The zero-order chi connectivity index (χ0) is 14.5. The molecule has 0 saturated heterocycles. The van der Waals surface area contributed by atoms with E-state index in [0.29, 0.717) is 0 Å². The van der Waals surface area contributed by atoms with Crippen LogP contribution in [0, 0.1) is 0 Å². The van der Waals surface area contributed by atoms with Gasteiger partial charge < -0.3 is 5.11 Å². The molecular weight excluding hydrogens is 270 g/mol. The molecule has 1 aromatic carbocycles. The summed E-state index contributed by atoms with van der Waals surface area (Å²) in [5, 5.41) is 9.55. The van der Waals surface area contributed by atoms with Gasteiger partial charge in [-0.3, -0.25) is 9.54 Å². The fourth-order valence-electron chi connectivity index (χ4n) is 1.19. The molecule has 0 aliphatic rings. The van der Waals surface area contributed by atoms with Gasteiger partial charge in [-0.15, -0.1) is 0 Å². The van der Waals surface area contributed by atoms with E-state index in [1.54, 1.807) is 6.07 Å². The maximum absolute atomic E-state index is 10.6. The highest BCUT2D eigenvalue weighted by molar-refractivity contribution is 7.85. The summed E-state index contributed by atoms with van der Waals surface area (Å²) in [4.78, 5) is 14.6. The average molecular weight is 283 g/mol. The van der Waals surface area contributed by atoms with Crippen LogP contribution < -0.4 is 0 Å². The second kappa shape index (κ2) is 6.26. The summed E-state index contributed by atoms with van der Waals surface area (Å²) in [6, 6.07) is 9.03. The van der Waals surface area contributed by atoms with Crippen LogP contribution in [0.5, 0.6) is 0 Å². The number of hydrogen-bond acceptors (Lipinski definition) is 4. The molecule has 1 aromatic heterocycles. The first-order valence-corrected chi connectivity index (χ1v) is 6.97. The van der Waals surface area contributed by atoms with Crippen LogP contribution >= 0.6 is 0 Å². The molecular formula is C12H13NO5S. The maximum Gasteiger partial charge on any atom is 0.337 e. The van der Waals surface area contributed by atoms with Gasteiger partial charge in [-0.25, -0.2) is 4.79 Å². The van der Waals surface area contributed by atoms with Crippen molar-refractivity contribution in [2.24, 2.45) is 0 Å². The third-order valence-electron chi connectivity index (χ3n) is 2.20. The van der Waals surface area contributed by atoms with E-state index in [0.717, 1.165) is 10.9 Å². The van der Waals surface area contributed by atoms with Crippen LogP contribution in [0.4, 0.5) is 0 Å². The summed E-state index contributed by atoms with van der Waals surface area (Å²) >= 11 is 0. The minimum Gasteiger partial charge on any atom is -0.478 e. The molecule has 0 aliphatic heterocycles. The molecule has 0 spiro atoms. The minimum atomic E-state index is -3.66. The number of hydrogen-bond donors (Lipinski definition) is 2. The van der Waals surface area contributed by atoms with E-state index in [4.69, 9.17) is 9.66 Å². The van der Waals surface area contributed by atoms with Gasteiger partial charge in [0.2, 0.25) is 0 Å². The Morgan fingerprint density at radius 1 is 1.32 bits per heavy atom. The van der Waals surface area contributed by atoms with Crippen molar-refractivity contribution in [3.63, 3.8) is 0 Å². The number of para-hydroxylation sites is 1. The molecule has 0 amide bonds. The monoisotopic (exact) mass is 283 g/mol. The number of carbonyl (C=O) groups is 1. The van der Waals surface area contributed by atoms with E-state index in [2.05, 4.69) is 4.98 Å². The summed E-state index contributed by atoms with van der Waals surface area (Å²) in [6.07, 6.45) is 1.37. The van der Waals surface area contributed by atoms with E-state index in [-0.39, 0.29) is 11.3 Å². The Labute approximate surface area is 110 Å². The molecule has 0 unspecified atom stereocenters. The first kappa shape index (κ1) is 15.1. The molecule has 0 fully saturated rings. The Kier molecular flexibility index (Phi) is 4.96. The van der Waals surface area contributed by atoms with Crippen molar-refractivity contribution in [3.8, 4) is 0 Å². The second-order valence-corrected chi connectivity index (χ2v) is 5.33. The van der Waals surface area contributed by atoms with Gasteiger partial charge in [0.15, 0.2) is 0 Å². The largest absolute Gasteiger partial charge is 0.478 e. The van der Waals surface area contributed by atoms with Crippen LogP contribution in [0.2, 0.25) is 0 Å². The molecule has 102 valence electrons. The van der Waals surface area contributed by atoms with Gasteiger partial charge in [-0.2, -0.15) is 8.42 Å². The third-order valence-corrected chi connectivity index (χ3v) is 2.93. The first-order valence-electron chi connectivity index (χ1n) is 5.36. The first-order chi connectivity index (χ1) is 8.83. The average Bonchev–Trinajstić information content (AvgIpc) is 2.38. The normalized spacial score (nSPS) is 10.6. The maximum atomic E-state index is 10.6. The van der Waals surface area contributed by atoms with E-state index < -0.39 is 16.1 Å². The van der Waals surface area contributed by atoms with Gasteiger partial charge in [0.25, 0.3) is 10.1 Å². The number of aromatic carboxylic acids is 1. The van der Waals surface area contributed by atoms with Crippen molar-refractivity contribution in [1.29, 1.82) is 0 Å². The van der Waals surface area contributed by atoms with E-state index in [9.17, 15) is 13.2 Å². The lowest BCUT2D eigenvalue weighted by Gasteiger charge is -1.97. The molecule has 1 heterocycles. The molecule has 2 N–H and O–H groups in total. The third kappa shape index (κ3) is 5.02. The predicted octanol–water partition coefficient (Wildman–Crippen LogP) is 1.83. The van der Waals surface area contributed by atoms with Crippen molar-refractivity contribution in [2.75, 3.05) is 5.75 Å². The number of benzene rings is 1. The molecule has 7 heteroatoms. The lowest BCUT2D eigenvalue weighted by Crippen LogP contribution is -1.97. The number of fused-ring (bicyclic) bond motifs is 1. The fourth-order valence-corrected chi connectivity index (χ4v) is 1.19. The van der Waals surface area contributed by atoms with Crippen molar-refractivity contribution in [3.05, 3.63) is 42.1 Å². The van der Waals surface area contributed by atoms with Gasteiger partial charge in [-0.05, 0) is 19.1 Å². The van der Waals surface area contributed by atoms with Gasteiger partial charge in [-0.1, -0.05) is 18.2 Å². The van der Waals surface area contributed by atoms with Crippen molar-refractivity contribution < 1.29 is 22.9 Å². The van der Waals surface area contributed by atoms with Crippen molar-refractivity contribution >= 4 is 27.0 Å². The summed E-state index contributed by atoms with van der Waals surface area (Å²) in [5.74, 6) is -1.15. The number of carboxylic acid groups (broad SMARTS) is 1. The highest BCUT2D eigenvalue weighted by Gasteiger charge is 2.03. The van der Waals surface area contributed by atoms with Crippen LogP contribution in [0.15, 0.2) is 36.5 Å². The zero-order valence-corrected chi connectivity index (χ0v) is 11.0. The molecule has 6 nitrogen and oxygen atoms in total. The Bertz CT molecular complexity index is 681. The molecule has 0 atom stereocenters. The molecule has 0 aliphatic carbocycles. The molecule has 2 rings (SSSR count).